The Morgan fingerprint density at radius 3 is 2.77 bits per heavy atom. The molecule has 3 aromatic heterocycles. The van der Waals surface area contributed by atoms with E-state index in [2.05, 4.69) is 19.8 Å². The number of nitrogens with zero attached hydrogens (tertiary/aromatic N) is 6. The minimum absolute atomic E-state index is 0.0965. The van der Waals surface area contributed by atoms with Crippen LogP contribution in [-0.2, 0) is 17.9 Å². The number of pyridine rings is 3. The van der Waals surface area contributed by atoms with Crippen LogP contribution in [-0.4, -0.2) is 64.7 Å². The molecule has 246 valence electrons. The predicted molar refractivity (Wildman–Crippen MR) is 178 cm³/mol. The molecule has 1 aromatic carbocycles. The molecule has 3 aliphatic heterocycles. The Balaban J connectivity index is 1.29. The third kappa shape index (κ3) is 5.97. The first-order valence-corrected chi connectivity index (χ1v) is 16.3. The first kappa shape index (κ1) is 30.9. The Hall–Kier alpha value is -4.71. The fraction of sp³-hybridized carbons (Fsp3) is 0.429. The number of ether oxygens (including phenoxy) is 2. The zero-order chi connectivity index (χ0) is 32.7. The van der Waals surface area contributed by atoms with Gasteiger partial charge in [0.15, 0.2) is 17.0 Å². The van der Waals surface area contributed by atoms with E-state index in [-0.39, 0.29) is 40.2 Å². The molecule has 2 fully saturated rings. The predicted octanol–water partition coefficient (Wildman–Crippen LogP) is 4.66. The second-order valence-electron chi connectivity index (χ2n) is 12.8. The highest BCUT2D eigenvalue weighted by atomic mass is 19.1. The van der Waals surface area contributed by atoms with Crippen molar-refractivity contribution in [2.75, 3.05) is 48.9 Å². The number of amides is 1. The van der Waals surface area contributed by atoms with Crippen LogP contribution in [0.1, 0.15) is 56.2 Å². The van der Waals surface area contributed by atoms with Crippen molar-refractivity contribution in [3.05, 3.63) is 76.1 Å². The summed E-state index contributed by atoms with van der Waals surface area (Å²) < 4.78 is 29.5. The second-order valence-corrected chi connectivity index (χ2v) is 12.8. The molecule has 2 saturated heterocycles. The van der Waals surface area contributed by atoms with E-state index >= 15 is 4.39 Å². The average molecular weight is 642 g/mol. The van der Waals surface area contributed by atoms with Gasteiger partial charge >= 0.3 is 0 Å². The summed E-state index contributed by atoms with van der Waals surface area (Å²) in [5.74, 6) is 0.538. The van der Waals surface area contributed by atoms with Crippen LogP contribution in [0, 0.1) is 5.82 Å². The number of hydrogen-bond donors (Lipinski definition) is 1. The van der Waals surface area contributed by atoms with Gasteiger partial charge in [0.2, 0.25) is 11.8 Å². The van der Waals surface area contributed by atoms with Gasteiger partial charge in [0.25, 0.3) is 0 Å². The molecule has 0 bridgehead atoms. The third-order valence-corrected chi connectivity index (χ3v) is 9.63. The van der Waals surface area contributed by atoms with Gasteiger partial charge in [0, 0.05) is 69.2 Å². The lowest BCUT2D eigenvalue weighted by molar-refractivity contribution is -0.119. The lowest BCUT2D eigenvalue weighted by Crippen LogP contribution is -2.48. The monoisotopic (exact) mass is 641 g/mol. The maximum atomic E-state index is 16.0. The molecule has 1 amide bonds. The molecule has 0 radical (unpaired) electrons. The number of carbonyl (C=O) groups is 1. The summed E-state index contributed by atoms with van der Waals surface area (Å²) in [6.45, 7) is 5.30. The summed E-state index contributed by atoms with van der Waals surface area (Å²) in [5, 5.41) is 0.263. The van der Waals surface area contributed by atoms with Crippen molar-refractivity contribution in [2.24, 2.45) is 0 Å². The SMILES string of the molecule is COc1cc(CN(Cc2cn3c4c(c(N5CCCCC5=O)c(F)cc4c2=O)OCC3C)[C@H]2CCCN(c3ccc(N)nc3)C2)ccn1. The molecule has 47 heavy (non-hydrogen) atoms. The summed E-state index contributed by atoms with van der Waals surface area (Å²) in [7, 11) is 1.59. The van der Waals surface area contributed by atoms with Crippen LogP contribution in [0.5, 0.6) is 11.6 Å². The molecule has 2 N–H and O–H groups in total. The number of carbonyl (C=O) groups excluding carboxylic acids is 1. The van der Waals surface area contributed by atoms with Crippen LogP contribution in [0.15, 0.2) is 53.7 Å². The third-order valence-electron chi connectivity index (χ3n) is 9.63. The molecule has 1 unspecified atom stereocenters. The topological polar surface area (TPSA) is 119 Å². The van der Waals surface area contributed by atoms with Gasteiger partial charge in [0.05, 0.1) is 35.9 Å². The van der Waals surface area contributed by atoms with E-state index in [9.17, 15) is 9.59 Å². The van der Waals surface area contributed by atoms with Crippen LogP contribution in [0.25, 0.3) is 10.9 Å². The summed E-state index contributed by atoms with van der Waals surface area (Å²) in [6.07, 6.45) is 9.29. The normalized spacial score (nSPS) is 19.7. The number of hydrogen-bond acceptors (Lipinski definition) is 9. The molecule has 6 heterocycles. The molecule has 3 aliphatic rings. The van der Waals surface area contributed by atoms with Crippen molar-refractivity contribution in [3.63, 3.8) is 0 Å². The van der Waals surface area contributed by atoms with Crippen molar-refractivity contribution in [2.45, 2.75) is 64.2 Å². The fourth-order valence-electron chi connectivity index (χ4n) is 7.17. The van der Waals surface area contributed by atoms with Gasteiger partial charge in [-0.15, -0.1) is 0 Å². The molecule has 12 heteroatoms. The van der Waals surface area contributed by atoms with Crippen molar-refractivity contribution in [3.8, 4) is 11.6 Å². The summed E-state index contributed by atoms with van der Waals surface area (Å²) >= 11 is 0. The first-order chi connectivity index (χ1) is 22.8. The van der Waals surface area contributed by atoms with Crippen molar-refractivity contribution in [1.29, 1.82) is 0 Å². The Morgan fingerprint density at radius 1 is 1.11 bits per heavy atom. The highest BCUT2D eigenvalue weighted by molar-refractivity contribution is 6.01. The number of aromatic nitrogens is 3. The van der Waals surface area contributed by atoms with Crippen molar-refractivity contribution < 1.29 is 18.7 Å². The van der Waals surface area contributed by atoms with E-state index in [1.54, 1.807) is 19.5 Å². The summed E-state index contributed by atoms with van der Waals surface area (Å²) in [5.41, 5.74) is 8.89. The van der Waals surface area contributed by atoms with E-state index in [0.29, 0.717) is 55.4 Å². The van der Waals surface area contributed by atoms with Gasteiger partial charge in [-0.3, -0.25) is 14.5 Å². The number of nitrogens with two attached hydrogens (primary N) is 1. The molecule has 0 aliphatic carbocycles. The van der Waals surface area contributed by atoms with Crippen LogP contribution < -0.4 is 30.4 Å². The maximum absolute atomic E-state index is 16.0. The average Bonchev–Trinajstić information content (AvgIpc) is 3.08. The number of halogens is 1. The van der Waals surface area contributed by atoms with Gasteiger partial charge in [-0.2, -0.15) is 0 Å². The lowest BCUT2D eigenvalue weighted by Gasteiger charge is -2.40. The Morgan fingerprint density at radius 2 is 1.98 bits per heavy atom. The number of nitrogen functional groups attached to an aromatic ring is 1. The zero-order valence-corrected chi connectivity index (χ0v) is 26.8. The van der Waals surface area contributed by atoms with Crippen LogP contribution in [0.2, 0.25) is 0 Å². The summed E-state index contributed by atoms with van der Waals surface area (Å²) in [4.78, 5) is 41.8. The van der Waals surface area contributed by atoms with Crippen LogP contribution in [0.4, 0.5) is 21.6 Å². The second kappa shape index (κ2) is 12.8. The minimum Gasteiger partial charge on any atom is -0.487 e. The van der Waals surface area contributed by atoms with Gasteiger partial charge in [-0.25, -0.2) is 14.4 Å². The standard InChI is InChI=1S/C35H40FN7O4/c1-22-21-47-35-32-27(15-28(36)33(35)42-13-4-3-7-31(42)44)34(45)24(19-43(22)32)18-41(17-23-10-11-38-30(14-23)46-2)26-6-5-12-40(20-26)25-8-9-29(37)39-16-25/h8-11,14-16,19,22,26H,3-7,12-13,17-18,20-21H2,1-2H3,(H2,37,39)/t22?,26-/m0/s1. The van der Waals surface area contributed by atoms with Crippen molar-refractivity contribution in [1.82, 2.24) is 19.4 Å². The van der Waals surface area contributed by atoms with Crippen molar-refractivity contribution >= 4 is 34.0 Å². The van der Waals surface area contributed by atoms with Gasteiger partial charge in [-0.1, -0.05) is 0 Å². The van der Waals surface area contributed by atoms with E-state index < -0.39 is 5.82 Å². The van der Waals surface area contributed by atoms with E-state index in [1.165, 1.54) is 11.0 Å². The molecule has 11 nitrogen and oxygen atoms in total. The molecular weight excluding hydrogens is 601 g/mol. The van der Waals surface area contributed by atoms with Crippen LogP contribution in [0.3, 0.4) is 0 Å². The molecule has 2 atom stereocenters. The number of piperidine rings is 2. The van der Waals surface area contributed by atoms with E-state index in [1.807, 2.05) is 42.0 Å². The minimum atomic E-state index is -0.612. The van der Waals surface area contributed by atoms with E-state index in [4.69, 9.17) is 15.2 Å². The van der Waals surface area contributed by atoms with Crippen LogP contribution >= 0.6 is 0 Å². The number of benzene rings is 1. The highest BCUT2D eigenvalue weighted by Crippen LogP contribution is 2.43. The highest BCUT2D eigenvalue weighted by Gasteiger charge is 2.33. The molecule has 7 rings (SSSR count). The first-order valence-electron chi connectivity index (χ1n) is 16.3. The van der Waals surface area contributed by atoms with E-state index in [0.717, 1.165) is 50.0 Å². The largest absolute Gasteiger partial charge is 0.487 e. The van der Waals surface area contributed by atoms with Gasteiger partial charge in [-0.05, 0) is 62.4 Å². The Labute approximate surface area is 272 Å². The number of rotatable bonds is 8. The fourth-order valence-corrected chi connectivity index (χ4v) is 7.17. The number of anilines is 3. The molecular formula is C35H40FN7O4. The van der Waals surface area contributed by atoms with Gasteiger partial charge in [0.1, 0.15) is 18.1 Å². The Kier molecular flexibility index (Phi) is 8.44. The quantitative estimate of drug-likeness (QED) is 0.293. The Bertz CT molecular complexity index is 1860. The lowest BCUT2D eigenvalue weighted by atomic mass is 10.0. The van der Waals surface area contributed by atoms with Gasteiger partial charge < -0.3 is 29.6 Å². The summed E-state index contributed by atoms with van der Waals surface area (Å²) in [6, 6.07) is 8.99. The number of methoxy groups -OCH3 is 1. The smallest absolute Gasteiger partial charge is 0.227 e. The maximum Gasteiger partial charge on any atom is 0.227 e. The molecule has 0 spiro atoms. The molecule has 4 aromatic rings. The zero-order valence-electron chi connectivity index (χ0n) is 26.8. The molecule has 0 saturated carbocycles.